The summed E-state index contributed by atoms with van der Waals surface area (Å²) in [6.45, 7) is 2.60. The number of amides is 1. The lowest BCUT2D eigenvalue weighted by Gasteiger charge is -2.21. The summed E-state index contributed by atoms with van der Waals surface area (Å²) in [6, 6.07) is 0. The van der Waals surface area contributed by atoms with E-state index in [4.69, 9.17) is 0 Å². The molecule has 1 atom stereocenters. The monoisotopic (exact) mass is 236 g/mol. The van der Waals surface area contributed by atoms with Crippen molar-refractivity contribution in [2.75, 3.05) is 19.6 Å². The van der Waals surface area contributed by atoms with Gasteiger partial charge in [0.05, 0.1) is 5.92 Å². The molecule has 5 nitrogen and oxygen atoms in total. The number of carbonyl (C=O) groups excluding carboxylic acids is 1. The quantitative estimate of drug-likeness (QED) is 0.650. The number of hydrogen-bond donors (Lipinski definition) is 3. The molecule has 1 aliphatic rings. The van der Waals surface area contributed by atoms with Gasteiger partial charge in [0, 0.05) is 31.9 Å². The molecule has 0 spiro atoms. The van der Waals surface area contributed by atoms with E-state index in [1.807, 2.05) is 6.20 Å². The van der Waals surface area contributed by atoms with E-state index in [9.17, 15) is 4.79 Å². The zero-order valence-corrected chi connectivity index (χ0v) is 10.0. The van der Waals surface area contributed by atoms with Gasteiger partial charge in [-0.1, -0.05) is 0 Å². The number of H-pyrrole nitrogens is 1. The van der Waals surface area contributed by atoms with Crippen molar-refractivity contribution < 1.29 is 4.79 Å². The molecule has 2 rings (SSSR count). The van der Waals surface area contributed by atoms with Gasteiger partial charge in [-0.25, -0.2) is 4.98 Å². The molecule has 1 aromatic rings. The van der Waals surface area contributed by atoms with Crippen molar-refractivity contribution in [3.63, 3.8) is 0 Å². The number of hydrogen-bond acceptors (Lipinski definition) is 3. The van der Waals surface area contributed by atoms with Crippen LogP contribution < -0.4 is 10.6 Å². The first-order chi connectivity index (χ1) is 8.36. The summed E-state index contributed by atoms with van der Waals surface area (Å²) >= 11 is 0. The van der Waals surface area contributed by atoms with E-state index in [-0.39, 0.29) is 11.8 Å². The van der Waals surface area contributed by atoms with Crippen molar-refractivity contribution in [3.8, 4) is 0 Å². The third-order valence-corrected chi connectivity index (χ3v) is 3.11. The molecule has 1 fully saturated rings. The lowest BCUT2D eigenvalue weighted by atomic mass is 9.99. The number of carbonyl (C=O) groups is 1. The van der Waals surface area contributed by atoms with Crippen LogP contribution in [0.5, 0.6) is 0 Å². The maximum atomic E-state index is 11.8. The van der Waals surface area contributed by atoms with Crippen LogP contribution in [0.3, 0.4) is 0 Å². The van der Waals surface area contributed by atoms with Crippen LogP contribution in [-0.2, 0) is 11.2 Å². The first-order valence-corrected chi connectivity index (χ1v) is 6.33. The molecule has 1 saturated heterocycles. The van der Waals surface area contributed by atoms with Crippen LogP contribution in [0.25, 0.3) is 0 Å². The SMILES string of the molecule is O=C(NCCCc1ncc[nH]1)[C@@H]1CCCNC1. The van der Waals surface area contributed by atoms with Crippen LogP contribution in [-0.4, -0.2) is 35.5 Å². The molecule has 0 aliphatic carbocycles. The highest BCUT2D eigenvalue weighted by Gasteiger charge is 2.19. The Morgan fingerprint density at radius 3 is 3.24 bits per heavy atom. The minimum absolute atomic E-state index is 0.160. The van der Waals surface area contributed by atoms with Crippen LogP contribution in [0.2, 0.25) is 0 Å². The highest BCUT2D eigenvalue weighted by molar-refractivity contribution is 5.78. The summed E-state index contributed by atoms with van der Waals surface area (Å²) in [5.74, 6) is 1.34. The highest BCUT2D eigenvalue weighted by Crippen LogP contribution is 2.09. The van der Waals surface area contributed by atoms with Gasteiger partial charge in [-0.2, -0.15) is 0 Å². The molecular formula is C12H20N4O. The normalized spacial score (nSPS) is 20.1. The number of aryl methyl sites for hydroxylation is 1. The standard InChI is InChI=1S/C12H20N4O/c17-12(10-3-1-5-13-9-10)16-6-2-4-11-14-7-8-15-11/h7-8,10,13H,1-6,9H2,(H,14,15)(H,16,17)/t10-/m1/s1. The Morgan fingerprint density at radius 1 is 1.59 bits per heavy atom. The van der Waals surface area contributed by atoms with Gasteiger partial charge in [-0.05, 0) is 25.8 Å². The topological polar surface area (TPSA) is 69.8 Å². The van der Waals surface area contributed by atoms with Crippen molar-refractivity contribution in [2.45, 2.75) is 25.7 Å². The fraction of sp³-hybridized carbons (Fsp3) is 0.667. The lowest BCUT2D eigenvalue weighted by molar-refractivity contribution is -0.125. The summed E-state index contributed by atoms with van der Waals surface area (Å²) in [5.41, 5.74) is 0. The fourth-order valence-corrected chi connectivity index (χ4v) is 2.12. The van der Waals surface area contributed by atoms with Crippen molar-refractivity contribution >= 4 is 5.91 Å². The van der Waals surface area contributed by atoms with Gasteiger partial charge >= 0.3 is 0 Å². The van der Waals surface area contributed by atoms with Crippen LogP contribution >= 0.6 is 0 Å². The van der Waals surface area contributed by atoms with E-state index in [1.165, 1.54) is 0 Å². The molecule has 0 unspecified atom stereocenters. The second-order valence-corrected chi connectivity index (χ2v) is 4.47. The fourth-order valence-electron chi connectivity index (χ4n) is 2.12. The van der Waals surface area contributed by atoms with Gasteiger partial charge in [-0.3, -0.25) is 4.79 Å². The van der Waals surface area contributed by atoms with Gasteiger partial charge in [-0.15, -0.1) is 0 Å². The molecule has 0 bridgehead atoms. The third kappa shape index (κ3) is 3.85. The molecule has 3 N–H and O–H groups in total. The Balaban J connectivity index is 1.59. The third-order valence-electron chi connectivity index (χ3n) is 3.11. The van der Waals surface area contributed by atoms with Gasteiger partial charge in [0.2, 0.25) is 5.91 Å². The van der Waals surface area contributed by atoms with Gasteiger partial charge in [0.15, 0.2) is 0 Å². The van der Waals surface area contributed by atoms with Crippen molar-refractivity contribution in [1.29, 1.82) is 0 Å². The maximum absolute atomic E-state index is 11.8. The molecule has 1 aliphatic heterocycles. The molecule has 0 aromatic carbocycles. The summed E-state index contributed by atoms with van der Waals surface area (Å²) in [5, 5.41) is 6.25. The Hall–Kier alpha value is -1.36. The van der Waals surface area contributed by atoms with Gasteiger partial charge in [0.25, 0.3) is 0 Å². The average molecular weight is 236 g/mol. The van der Waals surface area contributed by atoms with E-state index in [0.29, 0.717) is 0 Å². The Morgan fingerprint density at radius 2 is 2.53 bits per heavy atom. The van der Waals surface area contributed by atoms with E-state index in [0.717, 1.165) is 51.1 Å². The largest absolute Gasteiger partial charge is 0.356 e. The van der Waals surface area contributed by atoms with E-state index >= 15 is 0 Å². The second kappa shape index (κ2) is 6.39. The number of nitrogens with one attached hydrogen (secondary N) is 3. The molecule has 2 heterocycles. The summed E-state index contributed by atoms with van der Waals surface area (Å²) < 4.78 is 0. The van der Waals surface area contributed by atoms with Gasteiger partial charge < -0.3 is 15.6 Å². The number of aromatic amines is 1. The molecule has 0 radical (unpaired) electrons. The van der Waals surface area contributed by atoms with Crippen molar-refractivity contribution in [3.05, 3.63) is 18.2 Å². The van der Waals surface area contributed by atoms with Crippen molar-refractivity contribution in [2.24, 2.45) is 5.92 Å². The minimum Gasteiger partial charge on any atom is -0.356 e. The Bertz CT molecular complexity index is 330. The van der Waals surface area contributed by atoms with Crippen LogP contribution in [0.4, 0.5) is 0 Å². The number of aromatic nitrogens is 2. The molecule has 1 aromatic heterocycles. The van der Waals surface area contributed by atoms with Crippen LogP contribution in [0.1, 0.15) is 25.1 Å². The smallest absolute Gasteiger partial charge is 0.224 e. The van der Waals surface area contributed by atoms with Crippen molar-refractivity contribution in [1.82, 2.24) is 20.6 Å². The van der Waals surface area contributed by atoms with E-state index in [2.05, 4.69) is 20.6 Å². The van der Waals surface area contributed by atoms with E-state index in [1.54, 1.807) is 6.20 Å². The minimum atomic E-state index is 0.160. The predicted molar refractivity (Wildman–Crippen MR) is 65.5 cm³/mol. The molecule has 1 amide bonds. The maximum Gasteiger partial charge on any atom is 0.224 e. The zero-order valence-electron chi connectivity index (χ0n) is 10.0. The molecule has 5 heteroatoms. The zero-order chi connectivity index (χ0) is 11.9. The Labute approximate surface area is 101 Å². The number of nitrogens with zero attached hydrogens (tertiary/aromatic N) is 1. The Kier molecular flexibility index (Phi) is 4.55. The van der Waals surface area contributed by atoms with Gasteiger partial charge in [0.1, 0.15) is 5.82 Å². The van der Waals surface area contributed by atoms with Crippen LogP contribution in [0, 0.1) is 5.92 Å². The molecular weight excluding hydrogens is 216 g/mol. The van der Waals surface area contributed by atoms with E-state index < -0.39 is 0 Å². The predicted octanol–water partition coefficient (Wildman–Crippen LogP) is 0.458. The van der Waals surface area contributed by atoms with Crippen LogP contribution in [0.15, 0.2) is 12.4 Å². The lowest BCUT2D eigenvalue weighted by Crippen LogP contribution is -2.40. The molecule has 17 heavy (non-hydrogen) atoms. The first kappa shape index (κ1) is 12.1. The summed E-state index contributed by atoms with van der Waals surface area (Å²) in [4.78, 5) is 19.0. The molecule has 94 valence electrons. The summed E-state index contributed by atoms with van der Waals surface area (Å²) in [6.07, 6.45) is 7.50. The highest BCUT2D eigenvalue weighted by atomic mass is 16.1. The number of imidazole rings is 1. The number of piperidine rings is 1. The summed E-state index contributed by atoms with van der Waals surface area (Å²) in [7, 11) is 0. The average Bonchev–Trinajstić information content (AvgIpc) is 2.88. The second-order valence-electron chi connectivity index (χ2n) is 4.47. The first-order valence-electron chi connectivity index (χ1n) is 6.33. The number of rotatable bonds is 5. The molecule has 0 saturated carbocycles.